The summed E-state index contributed by atoms with van der Waals surface area (Å²) in [7, 11) is 0. The predicted molar refractivity (Wildman–Crippen MR) is 72.4 cm³/mol. The minimum Gasteiger partial charge on any atom is -0.481 e. The van der Waals surface area contributed by atoms with Crippen LogP contribution in [0.15, 0.2) is 24.3 Å². The molecule has 1 aromatic rings. The van der Waals surface area contributed by atoms with E-state index in [0.29, 0.717) is 12.2 Å². The van der Waals surface area contributed by atoms with Gasteiger partial charge in [0.2, 0.25) is 0 Å². The highest BCUT2D eigenvalue weighted by Crippen LogP contribution is 2.20. The van der Waals surface area contributed by atoms with Crippen LogP contribution in [-0.2, 0) is 4.79 Å². The monoisotopic (exact) mass is 250 g/mol. The Kier molecular flexibility index (Phi) is 5.65. The number of nitrogens with two attached hydrogens (primary N) is 1. The van der Waals surface area contributed by atoms with E-state index < -0.39 is 12.0 Å². The molecule has 4 nitrogen and oxygen atoms in total. The molecule has 0 fully saturated rings. The van der Waals surface area contributed by atoms with Crippen molar-refractivity contribution in [2.45, 2.75) is 39.3 Å². The fourth-order valence-corrected chi connectivity index (χ4v) is 1.79. The number of hydrogen-bond acceptors (Lipinski definition) is 3. The Labute approximate surface area is 109 Å². The minimum absolute atomic E-state index is 0.257. The zero-order valence-corrected chi connectivity index (χ0v) is 11.3. The standard InChI is InChI=1S/C14H22N2O2/c1-4-13(14(15)17)18-12-8-6-7-11(9-12)10(3)16-5-2/h6-10,13,16H,4-5H2,1-3H3,(H2,15,17). The number of rotatable bonds is 7. The fourth-order valence-electron chi connectivity index (χ4n) is 1.79. The van der Waals surface area contributed by atoms with Crippen LogP contribution in [0.2, 0.25) is 0 Å². The summed E-state index contributed by atoms with van der Waals surface area (Å²) in [6, 6.07) is 8.00. The van der Waals surface area contributed by atoms with Crippen molar-refractivity contribution in [1.82, 2.24) is 5.32 Å². The van der Waals surface area contributed by atoms with E-state index in [1.165, 1.54) is 0 Å². The molecular weight excluding hydrogens is 228 g/mol. The van der Waals surface area contributed by atoms with Crippen LogP contribution in [0.3, 0.4) is 0 Å². The van der Waals surface area contributed by atoms with Gasteiger partial charge in [0.05, 0.1) is 0 Å². The molecule has 0 heterocycles. The molecule has 0 radical (unpaired) electrons. The lowest BCUT2D eigenvalue weighted by molar-refractivity contribution is -0.124. The Morgan fingerprint density at radius 1 is 1.44 bits per heavy atom. The van der Waals surface area contributed by atoms with Gasteiger partial charge in [0.25, 0.3) is 5.91 Å². The Balaban J connectivity index is 2.78. The van der Waals surface area contributed by atoms with E-state index in [4.69, 9.17) is 10.5 Å². The lowest BCUT2D eigenvalue weighted by Gasteiger charge is -2.17. The second kappa shape index (κ2) is 7.01. The highest BCUT2D eigenvalue weighted by atomic mass is 16.5. The van der Waals surface area contributed by atoms with Gasteiger partial charge in [-0.2, -0.15) is 0 Å². The third kappa shape index (κ3) is 4.04. The van der Waals surface area contributed by atoms with E-state index in [0.717, 1.165) is 12.1 Å². The van der Waals surface area contributed by atoms with Crippen LogP contribution in [0, 0.1) is 0 Å². The quantitative estimate of drug-likeness (QED) is 0.778. The number of primary amides is 1. The zero-order chi connectivity index (χ0) is 13.5. The maximum absolute atomic E-state index is 11.1. The first-order chi connectivity index (χ1) is 8.58. The van der Waals surface area contributed by atoms with Crippen molar-refractivity contribution in [3.63, 3.8) is 0 Å². The number of nitrogens with one attached hydrogen (secondary N) is 1. The number of hydrogen-bond donors (Lipinski definition) is 2. The van der Waals surface area contributed by atoms with Gasteiger partial charge in [-0.05, 0) is 37.6 Å². The molecule has 0 saturated carbocycles. The van der Waals surface area contributed by atoms with Crippen molar-refractivity contribution in [1.29, 1.82) is 0 Å². The van der Waals surface area contributed by atoms with Crippen LogP contribution < -0.4 is 15.8 Å². The molecule has 0 aliphatic carbocycles. The zero-order valence-electron chi connectivity index (χ0n) is 11.3. The molecule has 3 N–H and O–H groups in total. The van der Waals surface area contributed by atoms with Crippen LogP contribution in [0.4, 0.5) is 0 Å². The second-order valence-corrected chi connectivity index (χ2v) is 4.27. The summed E-state index contributed by atoms with van der Waals surface area (Å²) >= 11 is 0. The maximum Gasteiger partial charge on any atom is 0.258 e. The summed E-state index contributed by atoms with van der Waals surface area (Å²) < 4.78 is 5.59. The van der Waals surface area contributed by atoms with Crippen LogP contribution in [0.1, 0.15) is 38.8 Å². The first-order valence-electron chi connectivity index (χ1n) is 6.37. The first kappa shape index (κ1) is 14.5. The van der Waals surface area contributed by atoms with E-state index in [2.05, 4.69) is 19.2 Å². The lowest BCUT2D eigenvalue weighted by Crippen LogP contribution is -2.33. The summed E-state index contributed by atoms with van der Waals surface area (Å²) in [5, 5.41) is 3.33. The van der Waals surface area contributed by atoms with Gasteiger partial charge in [0.15, 0.2) is 6.10 Å². The van der Waals surface area contributed by atoms with E-state index in [1.54, 1.807) is 0 Å². The van der Waals surface area contributed by atoms with Crippen molar-refractivity contribution < 1.29 is 9.53 Å². The van der Waals surface area contributed by atoms with Crippen molar-refractivity contribution >= 4 is 5.91 Å². The molecule has 0 saturated heterocycles. The van der Waals surface area contributed by atoms with Crippen LogP contribution in [0.25, 0.3) is 0 Å². The maximum atomic E-state index is 11.1. The minimum atomic E-state index is -0.560. The third-order valence-electron chi connectivity index (χ3n) is 2.83. The molecule has 0 aromatic heterocycles. The Morgan fingerprint density at radius 2 is 2.17 bits per heavy atom. The average molecular weight is 250 g/mol. The normalized spacial score (nSPS) is 13.9. The first-order valence-corrected chi connectivity index (χ1v) is 6.37. The van der Waals surface area contributed by atoms with Gasteiger partial charge in [-0.25, -0.2) is 0 Å². The van der Waals surface area contributed by atoms with Crippen molar-refractivity contribution in [2.24, 2.45) is 5.73 Å². The summed E-state index contributed by atoms with van der Waals surface area (Å²) in [5.41, 5.74) is 6.40. The van der Waals surface area contributed by atoms with Gasteiger partial charge >= 0.3 is 0 Å². The van der Waals surface area contributed by atoms with E-state index in [9.17, 15) is 4.79 Å². The van der Waals surface area contributed by atoms with Crippen molar-refractivity contribution in [3.05, 3.63) is 29.8 Å². The number of carbonyl (C=O) groups is 1. The summed E-state index contributed by atoms with van der Waals surface area (Å²) in [6.07, 6.45) is 0.0113. The molecule has 2 atom stereocenters. The summed E-state index contributed by atoms with van der Waals surface area (Å²) in [4.78, 5) is 11.1. The van der Waals surface area contributed by atoms with Crippen molar-refractivity contribution in [2.75, 3.05) is 6.54 Å². The Morgan fingerprint density at radius 3 is 2.72 bits per heavy atom. The van der Waals surface area contributed by atoms with Crippen LogP contribution in [-0.4, -0.2) is 18.6 Å². The van der Waals surface area contributed by atoms with Gasteiger partial charge in [-0.3, -0.25) is 4.79 Å². The molecule has 4 heteroatoms. The number of carbonyl (C=O) groups excluding carboxylic acids is 1. The Bertz CT molecular complexity index is 393. The molecule has 0 aliphatic rings. The second-order valence-electron chi connectivity index (χ2n) is 4.27. The SMILES string of the molecule is CCNC(C)c1cccc(OC(CC)C(N)=O)c1. The molecular formula is C14H22N2O2. The Hall–Kier alpha value is -1.55. The molecule has 0 aliphatic heterocycles. The fraction of sp³-hybridized carbons (Fsp3) is 0.500. The van der Waals surface area contributed by atoms with Gasteiger partial charge in [0.1, 0.15) is 5.75 Å². The molecule has 1 aromatic carbocycles. The molecule has 0 bridgehead atoms. The van der Waals surface area contributed by atoms with Gasteiger partial charge in [-0.1, -0.05) is 26.0 Å². The number of ether oxygens (including phenoxy) is 1. The van der Waals surface area contributed by atoms with E-state index in [-0.39, 0.29) is 6.04 Å². The lowest BCUT2D eigenvalue weighted by atomic mass is 10.1. The van der Waals surface area contributed by atoms with E-state index >= 15 is 0 Å². The topological polar surface area (TPSA) is 64.3 Å². The molecule has 2 unspecified atom stereocenters. The number of benzene rings is 1. The van der Waals surface area contributed by atoms with Gasteiger partial charge < -0.3 is 15.8 Å². The van der Waals surface area contributed by atoms with Crippen LogP contribution in [0.5, 0.6) is 5.75 Å². The number of amides is 1. The molecule has 1 rings (SSSR count). The van der Waals surface area contributed by atoms with E-state index in [1.807, 2.05) is 31.2 Å². The average Bonchev–Trinajstić information content (AvgIpc) is 2.36. The molecule has 1 amide bonds. The largest absolute Gasteiger partial charge is 0.481 e. The molecule has 100 valence electrons. The van der Waals surface area contributed by atoms with Crippen molar-refractivity contribution in [3.8, 4) is 5.75 Å². The molecule has 0 spiro atoms. The smallest absolute Gasteiger partial charge is 0.258 e. The third-order valence-corrected chi connectivity index (χ3v) is 2.83. The highest BCUT2D eigenvalue weighted by Gasteiger charge is 2.15. The van der Waals surface area contributed by atoms with Crippen LogP contribution >= 0.6 is 0 Å². The van der Waals surface area contributed by atoms with Gasteiger partial charge in [0, 0.05) is 6.04 Å². The predicted octanol–water partition coefficient (Wildman–Crippen LogP) is 2.00. The highest BCUT2D eigenvalue weighted by molar-refractivity contribution is 5.79. The van der Waals surface area contributed by atoms with Gasteiger partial charge in [-0.15, -0.1) is 0 Å². The summed E-state index contributed by atoms with van der Waals surface area (Å²) in [6.45, 7) is 6.94. The summed E-state index contributed by atoms with van der Waals surface area (Å²) in [5.74, 6) is 0.255. The molecule has 18 heavy (non-hydrogen) atoms.